The van der Waals surface area contributed by atoms with Crippen LogP contribution < -0.4 is 15.5 Å². The van der Waals surface area contributed by atoms with E-state index in [2.05, 4.69) is 44.6 Å². The van der Waals surface area contributed by atoms with Gasteiger partial charge in [-0.2, -0.15) is 10.1 Å². The van der Waals surface area contributed by atoms with Crippen molar-refractivity contribution >= 4 is 23.1 Å². The van der Waals surface area contributed by atoms with Crippen LogP contribution in [0.5, 0.6) is 0 Å². The molecule has 1 heterocycles. The third-order valence-electron chi connectivity index (χ3n) is 3.21. The zero-order chi connectivity index (χ0) is 15.2. The van der Waals surface area contributed by atoms with E-state index in [4.69, 9.17) is 0 Å². The van der Waals surface area contributed by atoms with Gasteiger partial charge in [0.25, 0.3) is 0 Å². The van der Waals surface area contributed by atoms with Crippen LogP contribution in [0.15, 0.2) is 30.5 Å². The van der Waals surface area contributed by atoms with Crippen molar-refractivity contribution in [1.82, 2.24) is 15.2 Å². The van der Waals surface area contributed by atoms with Crippen LogP contribution in [-0.4, -0.2) is 35.3 Å². The Kier molecular flexibility index (Phi) is 4.92. The van der Waals surface area contributed by atoms with Crippen LogP contribution in [0.3, 0.4) is 0 Å². The molecule has 0 fully saturated rings. The van der Waals surface area contributed by atoms with Crippen molar-refractivity contribution in [3.63, 3.8) is 0 Å². The molecule has 0 aliphatic rings. The maximum Gasteiger partial charge on any atom is 0.249 e. The summed E-state index contributed by atoms with van der Waals surface area (Å²) in [6, 6.07) is 8.42. The fourth-order valence-corrected chi connectivity index (χ4v) is 1.75. The summed E-state index contributed by atoms with van der Waals surface area (Å²) in [4.78, 5) is 6.46. The molecule has 6 nitrogen and oxygen atoms in total. The van der Waals surface area contributed by atoms with Crippen LogP contribution in [0.4, 0.5) is 23.1 Å². The summed E-state index contributed by atoms with van der Waals surface area (Å²) < 4.78 is 0. The lowest BCUT2D eigenvalue weighted by molar-refractivity contribution is 0.755. The van der Waals surface area contributed by atoms with Gasteiger partial charge < -0.3 is 15.5 Å². The largest absolute Gasteiger partial charge is 0.378 e. The fourth-order valence-electron chi connectivity index (χ4n) is 1.75. The molecule has 1 aromatic heterocycles. The first-order valence-electron chi connectivity index (χ1n) is 7.09. The molecule has 0 saturated heterocycles. The molecule has 112 valence electrons. The van der Waals surface area contributed by atoms with E-state index in [0.717, 1.165) is 23.6 Å². The first-order chi connectivity index (χ1) is 10.1. The van der Waals surface area contributed by atoms with Gasteiger partial charge in [0.1, 0.15) is 0 Å². The van der Waals surface area contributed by atoms with Crippen LogP contribution in [0.1, 0.15) is 20.3 Å². The third kappa shape index (κ3) is 4.30. The third-order valence-corrected chi connectivity index (χ3v) is 3.21. The molecule has 2 rings (SSSR count). The molecule has 0 amide bonds. The Morgan fingerprint density at radius 3 is 2.52 bits per heavy atom. The first-order valence-corrected chi connectivity index (χ1v) is 7.09. The Hall–Kier alpha value is -2.37. The molecule has 0 radical (unpaired) electrons. The van der Waals surface area contributed by atoms with Gasteiger partial charge in [0, 0.05) is 31.5 Å². The van der Waals surface area contributed by atoms with E-state index in [1.807, 2.05) is 38.4 Å². The quantitative estimate of drug-likeness (QED) is 0.851. The fraction of sp³-hybridized carbons (Fsp3) is 0.400. The van der Waals surface area contributed by atoms with Crippen molar-refractivity contribution in [2.24, 2.45) is 0 Å². The second-order valence-corrected chi connectivity index (χ2v) is 5.19. The number of benzene rings is 1. The Balaban J connectivity index is 2.07. The van der Waals surface area contributed by atoms with Gasteiger partial charge in [-0.3, -0.25) is 0 Å². The van der Waals surface area contributed by atoms with Crippen molar-refractivity contribution in [3.8, 4) is 0 Å². The molecule has 1 aromatic carbocycles. The monoisotopic (exact) mass is 286 g/mol. The molecular formula is C15H22N6. The van der Waals surface area contributed by atoms with Gasteiger partial charge in [0.05, 0.1) is 6.20 Å². The summed E-state index contributed by atoms with van der Waals surface area (Å²) in [5.74, 6) is 1.22. The van der Waals surface area contributed by atoms with Crippen molar-refractivity contribution in [1.29, 1.82) is 0 Å². The first kappa shape index (κ1) is 15.0. The molecule has 0 bridgehead atoms. The van der Waals surface area contributed by atoms with Crippen LogP contribution >= 0.6 is 0 Å². The van der Waals surface area contributed by atoms with Gasteiger partial charge >= 0.3 is 0 Å². The molecule has 0 aliphatic heterocycles. The van der Waals surface area contributed by atoms with Crippen LogP contribution in [-0.2, 0) is 0 Å². The predicted molar refractivity (Wildman–Crippen MR) is 87.3 cm³/mol. The molecule has 2 aromatic rings. The SMILES string of the molecule is CCC(C)Nc1cnnc(Nc2ccc(N(C)C)cc2)n1. The minimum absolute atomic E-state index is 0.355. The highest BCUT2D eigenvalue weighted by atomic mass is 15.3. The van der Waals surface area contributed by atoms with Crippen LogP contribution in [0.2, 0.25) is 0 Å². The van der Waals surface area contributed by atoms with Crippen molar-refractivity contribution in [2.75, 3.05) is 29.6 Å². The summed E-state index contributed by atoms with van der Waals surface area (Å²) in [5, 5.41) is 14.4. The Bertz CT molecular complexity index is 567. The molecule has 2 N–H and O–H groups in total. The molecule has 1 unspecified atom stereocenters. The lowest BCUT2D eigenvalue weighted by Crippen LogP contribution is -2.15. The highest BCUT2D eigenvalue weighted by Crippen LogP contribution is 2.18. The van der Waals surface area contributed by atoms with Crippen molar-refractivity contribution < 1.29 is 0 Å². The Labute approximate surface area is 125 Å². The van der Waals surface area contributed by atoms with Crippen LogP contribution in [0, 0.1) is 0 Å². The molecule has 21 heavy (non-hydrogen) atoms. The van der Waals surface area contributed by atoms with E-state index in [1.54, 1.807) is 6.20 Å². The average molecular weight is 286 g/mol. The van der Waals surface area contributed by atoms with E-state index >= 15 is 0 Å². The number of hydrogen-bond donors (Lipinski definition) is 2. The predicted octanol–water partition coefficient (Wildman–Crippen LogP) is 2.89. The standard InChI is InChI=1S/C15H22N6/c1-5-11(2)17-14-10-16-20-15(19-14)18-12-6-8-13(9-7-12)21(3)4/h6-11H,5H2,1-4H3,(H2,17,18,19,20). The van der Waals surface area contributed by atoms with Crippen LogP contribution in [0.25, 0.3) is 0 Å². The number of hydrogen-bond acceptors (Lipinski definition) is 6. The van der Waals surface area contributed by atoms with E-state index in [0.29, 0.717) is 12.0 Å². The van der Waals surface area contributed by atoms with Crippen molar-refractivity contribution in [3.05, 3.63) is 30.5 Å². The highest BCUT2D eigenvalue weighted by Gasteiger charge is 2.04. The van der Waals surface area contributed by atoms with Crippen molar-refractivity contribution in [2.45, 2.75) is 26.3 Å². The smallest absolute Gasteiger partial charge is 0.249 e. The highest BCUT2D eigenvalue weighted by molar-refractivity contribution is 5.59. The lowest BCUT2D eigenvalue weighted by atomic mass is 10.2. The number of anilines is 4. The summed E-state index contributed by atoms with van der Waals surface area (Å²) >= 11 is 0. The summed E-state index contributed by atoms with van der Waals surface area (Å²) in [6.07, 6.45) is 2.66. The molecule has 0 aliphatic carbocycles. The molecular weight excluding hydrogens is 264 g/mol. The normalized spacial score (nSPS) is 11.8. The van der Waals surface area contributed by atoms with E-state index < -0.39 is 0 Å². The summed E-state index contributed by atoms with van der Waals surface area (Å²) in [5.41, 5.74) is 2.08. The number of nitrogens with zero attached hydrogens (tertiary/aromatic N) is 4. The minimum Gasteiger partial charge on any atom is -0.378 e. The maximum absolute atomic E-state index is 4.41. The minimum atomic E-state index is 0.355. The summed E-state index contributed by atoms with van der Waals surface area (Å²) in [6.45, 7) is 4.23. The number of rotatable bonds is 6. The summed E-state index contributed by atoms with van der Waals surface area (Å²) in [7, 11) is 4.03. The van der Waals surface area contributed by atoms with Gasteiger partial charge in [-0.25, -0.2) is 0 Å². The molecule has 6 heteroatoms. The van der Waals surface area contributed by atoms with Gasteiger partial charge in [0.2, 0.25) is 5.95 Å². The van der Waals surface area contributed by atoms with Gasteiger partial charge in [-0.15, -0.1) is 5.10 Å². The Morgan fingerprint density at radius 2 is 1.90 bits per heavy atom. The van der Waals surface area contributed by atoms with E-state index in [1.165, 1.54) is 0 Å². The van der Waals surface area contributed by atoms with Gasteiger partial charge in [-0.05, 0) is 37.6 Å². The molecule has 1 atom stereocenters. The topological polar surface area (TPSA) is 66.0 Å². The number of nitrogens with one attached hydrogen (secondary N) is 2. The second-order valence-electron chi connectivity index (χ2n) is 5.19. The average Bonchev–Trinajstić information content (AvgIpc) is 2.48. The van der Waals surface area contributed by atoms with Gasteiger partial charge in [-0.1, -0.05) is 6.92 Å². The number of aromatic nitrogens is 3. The van der Waals surface area contributed by atoms with E-state index in [-0.39, 0.29) is 0 Å². The Morgan fingerprint density at radius 1 is 1.19 bits per heavy atom. The zero-order valence-electron chi connectivity index (χ0n) is 13.0. The molecule has 0 saturated carbocycles. The van der Waals surface area contributed by atoms with E-state index in [9.17, 15) is 0 Å². The zero-order valence-corrected chi connectivity index (χ0v) is 13.0. The maximum atomic E-state index is 4.41. The second kappa shape index (κ2) is 6.88. The molecule has 0 spiro atoms. The lowest BCUT2D eigenvalue weighted by Gasteiger charge is -2.14. The van der Waals surface area contributed by atoms with Gasteiger partial charge in [0.15, 0.2) is 5.82 Å².